The first-order valence-electron chi connectivity index (χ1n) is 13.6. The molecule has 8 nitrogen and oxygen atoms in total. The van der Waals surface area contributed by atoms with Crippen molar-refractivity contribution in [3.63, 3.8) is 0 Å². The summed E-state index contributed by atoms with van der Waals surface area (Å²) in [6, 6.07) is 14.3. The van der Waals surface area contributed by atoms with Gasteiger partial charge in [0.25, 0.3) is 0 Å². The molecule has 3 rings (SSSR count). The number of nitriles is 1. The number of aromatic nitrogens is 2. The quantitative estimate of drug-likeness (QED) is 0.225. The predicted molar refractivity (Wildman–Crippen MR) is 159 cm³/mol. The summed E-state index contributed by atoms with van der Waals surface area (Å²) in [6.07, 6.45) is -0.345. The molecule has 0 saturated carbocycles. The van der Waals surface area contributed by atoms with Crippen molar-refractivity contribution < 1.29 is 18.0 Å². The zero-order chi connectivity index (χ0) is 30.7. The number of nitrogens with zero attached hydrogens (tertiary/aromatic N) is 5. The van der Waals surface area contributed by atoms with Gasteiger partial charge in [-0.3, -0.25) is 4.79 Å². The van der Waals surface area contributed by atoms with Crippen LogP contribution in [0.4, 0.5) is 13.2 Å². The highest BCUT2D eigenvalue weighted by Gasteiger charge is 2.33. The van der Waals surface area contributed by atoms with Crippen molar-refractivity contribution >= 4 is 23.2 Å². The molecule has 12 heteroatoms. The van der Waals surface area contributed by atoms with E-state index in [4.69, 9.17) is 17.5 Å². The monoisotopic (exact) mass is 599 g/mol. The molecule has 0 bridgehead atoms. The molecular weight excluding hydrogens is 563 g/mol. The number of nitrogens with one attached hydrogen (secondary N) is 2. The molecule has 0 fully saturated rings. The van der Waals surface area contributed by atoms with E-state index in [1.165, 1.54) is 12.1 Å². The third-order valence-electron chi connectivity index (χ3n) is 6.51. The largest absolute Gasteiger partial charge is 0.416 e. The third kappa shape index (κ3) is 10.2. The Balaban J connectivity index is 1.66. The number of amides is 1. The van der Waals surface area contributed by atoms with E-state index in [9.17, 15) is 18.0 Å². The van der Waals surface area contributed by atoms with Gasteiger partial charge in [0.1, 0.15) is 0 Å². The van der Waals surface area contributed by atoms with E-state index in [0.29, 0.717) is 29.5 Å². The van der Waals surface area contributed by atoms with E-state index in [2.05, 4.69) is 21.7 Å². The summed E-state index contributed by atoms with van der Waals surface area (Å²) >= 11 is 5.59. The van der Waals surface area contributed by atoms with Gasteiger partial charge in [0.15, 0.2) is 5.11 Å². The average Bonchev–Trinajstić information content (AvgIpc) is 3.36. The summed E-state index contributed by atoms with van der Waals surface area (Å²) in [7, 11) is 3.92. The fourth-order valence-electron chi connectivity index (χ4n) is 4.45. The molecule has 3 aromatic rings. The molecule has 1 aromatic heterocycles. The average molecular weight is 600 g/mol. The Labute approximate surface area is 250 Å². The molecule has 0 saturated heterocycles. The van der Waals surface area contributed by atoms with E-state index in [-0.39, 0.29) is 31.0 Å². The topological polar surface area (TPSA) is 89.2 Å². The van der Waals surface area contributed by atoms with Crippen LogP contribution >= 0.6 is 12.2 Å². The van der Waals surface area contributed by atoms with Crippen LogP contribution in [-0.2, 0) is 30.5 Å². The summed E-state index contributed by atoms with van der Waals surface area (Å²) < 4.78 is 42.9. The van der Waals surface area contributed by atoms with Gasteiger partial charge in [-0.2, -0.15) is 18.4 Å². The van der Waals surface area contributed by atoms with Crippen LogP contribution in [0.3, 0.4) is 0 Å². The Bertz CT molecular complexity index is 1370. The molecule has 0 radical (unpaired) electrons. The minimum Gasteiger partial charge on any atom is -0.363 e. The summed E-state index contributed by atoms with van der Waals surface area (Å²) in [5.74, 6) is -0.246. The normalized spacial score (nSPS) is 12.0. The number of carbonyl (C=O) groups excluding carboxylic acids is 1. The highest BCUT2D eigenvalue weighted by Crippen LogP contribution is 2.32. The number of benzene rings is 2. The lowest BCUT2D eigenvalue weighted by Gasteiger charge is -2.30. The van der Waals surface area contributed by atoms with Crippen molar-refractivity contribution in [1.82, 2.24) is 30.0 Å². The summed E-state index contributed by atoms with van der Waals surface area (Å²) in [4.78, 5) is 20.8. The fraction of sp³-hybridized carbons (Fsp3) is 0.400. The highest BCUT2D eigenvalue weighted by molar-refractivity contribution is 7.80. The second kappa shape index (κ2) is 15.3. The number of thiocarbonyl (C=S) groups is 1. The third-order valence-corrected chi connectivity index (χ3v) is 6.91. The fourth-order valence-corrected chi connectivity index (χ4v) is 4.69. The molecule has 0 unspecified atom stereocenters. The van der Waals surface area contributed by atoms with Gasteiger partial charge in [-0.05, 0) is 75.5 Å². The number of rotatable bonds is 13. The molecule has 0 aliphatic carbocycles. The van der Waals surface area contributed by atoms with Gasteiger partial charge >= 0.3 is 6.18 Å². The Morgan fingerprint density at radius 3 is 2.55 bits per heavy atom. The van der Waals surface area contributed by atoms with Gasteiger partial charge in [0.2, 0.25) is 5.91 Å². The van der Waals surface area contributed by atoms with Crippen LogP contribution < -0.4 is 10.6 Å². The number of halogens is 3. The van der Waals surface area contributed by atoms with E-state index in [0.717, 1.165) is 24.6 Å². The Hall–Kier alpha value is -3.95. The van der Waals surface area contributed by atoms with Gasteiger partial charge in [-0.25, -0.2) is 4.98 Å². The van der Waals surface area contributed by atoms with E-state index < -0.39 is 17.8 Å². The van der Waals surface area contributed by atoms with Crippen molar-refractivity contribution in [3.8, 4) is 6.07 Å². The summed E-state index contributed by atoms with van der Waals surface area (Å²) in [6.45, 7) is 3.83. The molecule has 1 atom stereocenters. The summed E-state index contributed by atoms with van der Waals surface area (Å²) in [5.41, 5.74) is 1.63. The molecular formula is C30H36F3N7OS. The van der Waals surface area contributed by atoms with Crippen molar-refractivity contribution in [1.29, 1.82) is 5.26 Å². The molecule has 0 aliphatic heterocycles. The second-order valence-corrected chi connectivity index (χ2v) is 10.8. The van der Waals surface area contributed by atoms with Gasteiger partial charge in [-0.15, -0.1) is 0 Å². The van der Waals surface area contributed by atoms with Crippen LogP contribution in [0.15, 0.2) is 61.1 Å². The van der Waals surface area contributed by atoms with Crippen molar-refractivity contribution in [3.05, 3.63) is 89.0 Å². The first-order valence-corrected chi connectivity index (χ1v) is 14.0. The molecule has 1 heterocycles. The first kappa shape index (κ1) is 32.6. The smallest absolute Gasteiger partial charge is 0.363 e. The van der Waals surface area contributed by atoms with E-state index >= 15 is 0 Å². The molecule has 2 N–H and O–H groups in total. The Kier molecular flexibility index (Phi) is 11.9. The lowest BCUT2D eigenvalue weighted by atomic mass is 10.1. The highest BCUT2D eigenvalue weighted by atomic mass is 32.1. The zero-order valence-electron chi connectivity index (χ0n) is 24.0. The molecule has 0 spiro atoms. The molecule has 1 amide bonds. The van der Waals surface area contributed by atoms with Crippen molar-refractivity contribution in [2.45, 2.75) is 45.1 Å². The summed E-state index contributed by atoms with van der Waals surface area (Å²) in [5, 5.41) is 15.4. The maximum atomic E-state index is 13.7. The Morgan fingerprint density at radius 2 is 1.88 bits per heavy atom. The molecule has 224 valence electrons. The van der Waals surface area contributed by atoms with Gasteiger partial charge in [-0.1, -0.05) is 30.3 Å². The lowest BCUT2D eigenvalue weighted by Crippen LogP contribution is -2.48. The first-order chi connectivity index (χ1) is 20.0. The van der Waals surface area contributed by atoms with Crippen LogP contribution in [0.5, 0.6) is 0 Å². The second-order valence-electron chi connectivity index (χ2n) is 10.4. The van der Waals surface area contributed by atoms with Crippen LogP contribution in [0, 0.1) is 11.3 Å². The van der Waals surface area contributed by atoms with E-state index in [1.54, 1.807) is 42.5 Å². The van der Waals surface area contributed by atoms with Crippen LogP contribution in [0.1, 0.15) is 41.3 Å². The van der Waals surface area contributed by atoms with Crippen LogP contribution in [-0.4, -0.2) is 70.1 Å². The van der Waals surface area contributed by atoms with E-state index in [1.807, 2.05) is 35.7 Å². The lowest BCUT2D eigenvalue weighted by molar-refractivity contribution is -0.138. The maximum absolute atomic E-state index is 13.7. The molecule has 42 heavy (non-hydrogen) atoms. The van der Waals surface area contributed by atoms with Crippen molar-refractivity contribution in [2.75, 3.05) is 33.7 Å². The van der Waals surface area contributed by atoms with Crippen LogP contribution in [0.2, 0.25) is 0 Å². The zero-order valence-corrected chi connectivity index (χ0v) is 24.8. The number of carbonyl (C=O) groups is 1. The van der Waals surface area contributed by atoms with Gasteiger partial charge in [0, 0.05) is 44.1 Å². The Morgan fingerprint density at radius 1 is 1.17 bits per heavy atom. The SMILES string of the molecule is C[C@@H](CN(Cc1ccccc1C(F)(F)F)C(=S)NCCCN(C)C)NC(=O)Cc1cncn1Cc1ccc(C#N)cc1. The minimum atomic E-state index is -4.50. The van der Waals surface area contributed by atoms with Crippen molar-refractivity contribution in [2.24, 2.45) is 0 Å². The maximum Gasteiger partial charge on any atom is 0.416 e. The van der Waals surface area contributed by atoms with Crippen LogP contribution in [0.25, 0.3) is 0 Å². The molecule has 2 aromatic carbocycles. The predicted octanol–water partition coefficient (Wildman–Crippen LogP) is 4.20. The molecule has 0 aliphatic rings. The number of alkyl halides is 3. The number of hydrogen-bond donors (Lipinski definition) is 2. The number of imidazole rings is 1. The number of hydrogen-bond acceptors (Lipinski definition) is 5. The minimum absolute atomic E-state index is 0.0627. The standard InChI is InChI=1S/C30H36F3N7OS/c1-22(37-28(41)15-26-17-35-21-40(26)19-24-11-9-23(16-34)10-12-24)18-39(29(42)36-13-6-14-38(2)3)20-25-7-4-5-8-27(25)30(31,32)33/h4-5,7-12,17,21-22H,6,13-15,18-20H2,1-3H3,(H,36,42)(H,37,41)/t22-/m0/s1. The van der Waals surface area contributed by atoms with Gasteiger partial charge in [0.05, 0.1) is 29.9 Å². The van der Waals surface area contributed by atoms with Gasteiger partial charge < -0.3 is 25.0 Å².